The Hall–Kier alpha value is -2.89. The van der Waals surface area contributed by atoms with Crippen molar-refractivity contribution in [3.8, 4) is 0 Å². The van der Waals surface area contributed by atoms with Crippen molar-refractivity contribution >= 4 is 17.2 Å². The Morgan fingerprint density at radius 3 is 2.70 bits per heavy atom. The minimum absolute atomic E-state index is 0.104. The molecule has 0 radical (unpaired) electrons. The highest BCUT2D eigenvalue weighted by molar-refractivity contribution is 5.94. The van der Waals surface area contributed by atoms with Crippen LogP contribution in [0.4, 0.5) is 5.69 Å². The summed E-state index contributed by atoms with van der Waals surface area (Å²) in [7, 11) is 4.00. The number of anilines is 1. The topological polar surface area (TPSA) is 53.7 Å². The maximum absolute atomic E-state index is 13.0. The highest BCUT2D eigenvalue weighted by atomic mass is 16.2. The van der Waals surface area contributed by atoms with E-state index in [4.69, 9.17) is 0 Å². The van der Waals surface area contributed by atoms with Crippen molar-refractivity contribution in [3.63, 3.8) is 0 Å². The predicted molar refractivity (Wildman–Crippen MR) is 106 cm³/mol. The molecule has 3 aromatic rings. The molecule has 27 heavy (non-hydrogen) atoms. The normalized spacial score (nSPS) is 17.3. The fourth-order valence-electron chi connectivity index (χ4n) is 3.83. The number of amides is 1. The second kappa shape index (κ2) is 7.02. The van der Waals surface area contributed by atoms with E-state index in [9.17, 15) is 4.79 Å². The smallest absolute Gasteiger partial charge is 0.253 e. The molecule has 0 bridgehead atoms. The molecule has 0 saturated carbocycles. The standard InChI is InChI=1S/C21H25N5O/c1-15-13-20-22-11-10-19(26(20)23-15)17-5-4-12-25(14-17)21(27)16-6-8-18(9-7-16)24(2)3/h6-11,13,17H,4-5,12,14H2,1-3H3. The Morgan fingerprint density at radius 2 is 1.96 bits per heavy atom. The summed E-state index contributed by atoms with van der Waals surface area (Å²) in [4.78, 5) is 21.4. The fraction of sp³-hybridized carbons (Fsp3) is 0.381. The Balaban J connectivity index is 1.56. The first-order chi connectivity index (χ1) is 13.0. The second-order valence-electron chi connectivity index (χ2n) is 7.46. The molecule has 140 valence electrons. The van der Waals surface area contributed by atoms with Gasteiger partial charge in [-0.25, -0.2) is 9.50 Å². The number of aryl methyl sites for hydroxylation is 1. The summed E-state index contributed by atoms with van der Waals surface area (Å²) in [6, 6.07) is 11.8. The van der Waals surface area contributed by atoms with E-state index in [2.05, 4.69) is 10.1 Å². The van der Waals surface area contributed by atoms with Gasteiger partial charge in [-0.2, -0.15) is 5.10 Å². The van der Waals surface area contributed by atoms with Gasteiger partial charge in [-0.3, -0.25) is 4.79 Å². The number of hydrogen-bond acceptors (Lipinski definition) is 4. The Bertz CT molecular complexity index is 960. The molecule has 0 spiro atoms. The lowest BCUT2D eigenvalue weighted by atomic mass is 9.94. The number of rotatable bonds is 3. The van der Waals surface area contributed by atoms with Gasteiger partial charge in [0, 0.05) is 56.6 Å². The first-order valence-corrected chi connectivity index (χ1v) is 9.41. The third-order valence-corrected chi connectivity index (χ3v) is 5.27. The van der Waals surface area contributed by atoms with Gasteiger partial charge in [-0.15, -0.1) is 0 Å². The lowest BCUT2D eigenvalue weighted by molar-refractivity contribution is 0.0705. The average Bonchev–Trinajstić information content (AvgIpc) is 3.07. The monoisotopic (exact) mass is 363 g/mol. The van der Waals surface area contributed by atoms with Crippen molar-refractivity contribution in [2.24, 2.45) is 0 Å². The van der Waals surface area contributed by atoms with Crippen LogP contribution >= 0.6 is 0 Å². The molecule has 6 heteroatoms. The summed E-state index contributed by atoms with van der Waals surface area (Å²) in [5, 5.41) is 4.59. The number of aromatic nitrogens is 3. The first-order valence-electron chi connectivity index (χ1n) is 9.41. The van der Waals surface area contributed by atoms with Crippen LogP contribution in [-0.4, -0.2) is 52.6 Å². The van der Waals surface area contributed by atoms with Crippen molar-refractivity contribution in [2.45, 2.75) is 25.7 Å². The molecule has 2 aromatic heterocycles. The van der Waals surface area contributed by atoms with Crippen molar-refractivity contribution < 1.29 is 4.79 Å². The quantitative estimate of drug-likeness (QED) is 0.717. The van der Waals surface area contributed by atoms with E-state index < -0.39 is 0 Å². The number of likely N-dealkylation sites (tertiary alicyclic amines) is 1. The van der Waals surface area contributed by atoms with Crippen LogP contribution in [0.1, 0.15) is 40.5 Å². The van der Waals surface area contributed by atoms with E-state index in [0.717, 1.165) is 47.7 Å². The van der Waals surface area contributed by atoms with Gasteiger partial charge in [-0.05, 0) is 50.1 Å². The molecular weight excluding hydrogens is 338 g/mol. The molecule has 6 nitrogen and oxygen atoms in total. The zero-order valence-corrected chi connectivity index (χ0v) is 16.1. The van der Waals surface area contributed by atoms with Gasteiger partial charge in [0.2, 0.25) is 0 Å². The van der Waals surface area contributed by atoms with Crippen LogP contribution in [0.15, 0.2) is 42.6 Å². The van der Waals surface area contributed by atoms with Crippen LogP contribution in [0.2, 0.25) is 0 Å². The second-order valence-corrected chi connectivity index (χ2v) is 7.46. The van der Waals surface area contributed by atoms with Gasteiger partial charge in [0.15, 0.2) is 5.65 Å². The average molecular weight is 363 g/mol. The van der Waals surface area contributed by atoms with Crippen molar-refractivity contribution in [2.75, 3.05) is 32.1 Å². The summed E-state index contributed by atoms with van der Waals surface area (Å²) in [5.41, 5.74) is 4.80. The fourth-order valence-corrected chi connectivity index (χ4v) is 3.83. The highest BCUT2D eigenvalue weighted by Crippen LogP contribution is 2.28. The number of fused-ring (bicyclic) bond motifs is 1. The number of carbonyl (C=O) groups is 1. The van der Waals surface area contributed by atoms with E-state index in [1.165, 1.54) is 0 Å². The van der Waals surface area contributed by atoms with E-state index >= 15 is 0 Å². The van der Waals surface area contributed by atoms with Crippen molar-refractivity contribution in [3.05, 3.63) is 59.5 Å². The number of piperidine rings is 1. The minimum Gasteiger partial charge on any atom is -0.378 e. The molecule has 4 rings (SSSR count). The van der Waals surface area contributed by atoms with Crippen LogP contribution < -0.4 is 4.90 Å². The Morgan fingerprint density at radius 1 is 1.19 bits per heavy atom. The van der Waals surface area contributed by atoms with Gasteiger partial charge in [0.25, 0.3) is 5.91 Å². The molecule has 0 N–H and O–H groups in total. The predicted octanol–water partition coefficient (Wildman–Crippen LogP) is 3.12. The van der Waals surface area contributed by atoms with Gasteiger partial charge in [0.1, 0.15) is 0 Å². The minimum atomic E-state index is 0.104. The van der Waals surface area contributed by atoms with E-state index in [-0.39, 0.29) is 11.8 Å². The van der Waals surface area contributed by atoms with Crippen LogP contribution in [0.25, 0.3) is 5.65 Å². The Labute approximate surface area is 159 Å². The highest BCUT2D eigenvalue weighted by Gasteiger charge is 2.27. The first kappa shape index (κ1) is 17.5. The number of hydrogen-bond donors (Lipinski definition) is 0. The van der Waals surface area contributed by atoms with Gasteiger partial charge in [-0.1, -0.05) is 0 Å². The molecule has 1 unspecified atom stereocenters. The van der Waals surface area contributed by atoms with Gasteiger partial charge in [0.05, 0.1) is 11.4 Å². The lowest BCUT2D eigenvalue weighted by Gasteiger charge is -2.33. The lowest BCUT2D eigenvalue weighted by Crippen LogP contribution is -2.39. The molecule has 3 heterocycles. The zero-order chi connectivity index (χ0) is 19.0. The van der Waals surface area contributed by atoms with Gasteiger partial charge >= 0.3 is 0 Å². The molecule has 1 aliphatic rings. The van der Waals surface area contributed by atoms with Crippen LogP contribution in [0.5, 0.6) is 0 Å². The van der Waals surface area contributed by atoms with Crippen LogP contribution in [-0.2, 0) is 0 Å². The summed E-state index contributed by atoms with van der Waals surface area (Å²) in [5.74, 6) is 0.375. The molecule has 1 atom stereocenters. The molecule has 1 fully saturated rings. The number of carbonyl (C=O) groups excluding carboxylic acids is 1. The summed E-state index contributed by atoms with van der Waals surface area (Å²) < 4.78 is 1.93. The Kier molecular flexibility index (Phi) is 4.56. The summed E-state index contributed by atoms with van der Waals surface area (Å²) in [6.07, 6.45) is 3.89. The SMILES string of the molecule is Cc1cc2nccc(C3CCCN(C(=O)c4ccc(N(C)C)cc4)C3)n2n1. The number of nitrogens with zero attached hydrogens (tertiary/aromatic N) is 5. The maximum Gasteiger partial charge on any atom is 0.253 e. The molecule has 0 aliphatic carbocycles. The van der Waals surface area contributed by atoms with E-state index in [1.54, 1.807) is 0 Å². The van der Waals surface area contributed by atoms with Crippen molar-refractivity contribution in [1.82, 2.24) is 19.5 Å². The summed E-state index contributed by atoms with van der Waals surface area (Å²) in [6.45, 7) is 3.50. The number of benzene rings is 1. The zero-order valence-electron chi connectivity index (χ0n) is 16.1. The van der Waals surface area contributed by atoms with E-state index in [0.29, 0.717) is 6.54 Å². The molecule has 1 amide bonds. The largest absolute Gasteiger partial charge is 0.378 e. The maximum atomic E-state index is 13.0. The van der Waals surface area contributed by atoms with Crippen molar-refractivity contribution in [1.29, 1.82) is 0 Å². The van der Waals surface area contributed by atoms with E-state index in [1.807, 2.05) is 77.9 Å². The molecule has 1 saturated heterocycles. The molecule has 1 aliphatic heterocycles. The van der Waals surface area contributed by atoms with Crippen LogP contribution in [0, 0.1) is 6.92 Å². The third-order valence-electron chi connectivity index (χ3n) is 5.27. The van der Waals surface area contributed by atoms with Crippen LogP contribution in [0.3, 0.4) is 0 Å². The third kappa shape index (κ3) is 3.39. The van der Waals surface area contributed by atoms with Gasteiger partial charge < -0.3 is 9.80 Å². The molecule has 1 aromatic carbocycles. The molecular formula is C21H25N5O. The summed E-state index contributed by atoms with van der Waals surface area (Å²) >= 11 is 0.